The quantitative estimate of drug-likeness (QED) is 0.838. The predicted octanol–water partition coefficient (Wildman–Crippen LogP) is 2.74. The van der Waals surface area contributed by atoms with E-state index in [1.807, 2.05) is 0 Å². The number of nitrogens with zero attached hydrogens (tertiary/aromatic N) is 5. The number of hydrogen-bond acceptors (Lipinski definition) is 7. The summed E-state index contributed by atoms with van der Waals surface area (Å²) in [6, 6.07) is 8.92. The molecule has 23 heavy (non-hydrogen) atoms. The Balaban J connectivity index is 2.23. The summed E-state index contributed by atoms with van der Waals surface area (Å²) in [7, 11) is 0. The van der Waals surface area contributed by atoms with Gasteiger partial charge in [-0.2, -0.15) is 20.2 Å². The van der Waals surface area contributed by atoms with Crippen molar-refractivity contribution in [1.29, 1.82) is 5.26 Å². The summed E-state index contributed by atoms with van der Waals surface area (Å²) in [5.41, 5.74) is 6.34. The molecule has 7 heteroatoms. The molecular weight excluding hydrogens is 292 g/mol. The van der Waals surface area contributed by atoms with Gasteiger partial charge in [0, 0.05) is 13.1 Å². The standard InChI is InChI=1S/C16H20N6O/c1-3-9-22(10-4-2)15-19-14(18)20-16(21-15)23-13-7-5-12(11-17)6-8-13/h5-8H,3-4,9-10H2,1-2H3,(H2,18,19,20,21). The van der Waals surface area contributed by atoms with Crippen LogP contribution in [-0.4, -0.2) is 28.0 Å². The van der Waals surface area contributed by atoms with E-state index in [9.17, 15) is 0 Å². The summed E-state index contributed by atoms with van der Waals surface area (Å²) >= 11 is 0. The summed E-state index contributed by atoms with van der Waals surface area (Å²) in [5.74, 6) is 1.18. The van der Waals surface area contributed by atoms with Crippen LogP contribution in [0.4, 0.5) is 11.9 Å². The van der Waals surface area contributed by atoms with Gasteiger partial charge in [-0.3, -0.25) is 0 Å². The molecule has 0 aliphatic heterocycles. The first kappa shape index (κ1) is 16.5. The van der Waals surface area contributed by atoms with Gasteiger partial charge in [0.25, 0.3) is 0 Å². The van der Waals surface area contributed by atoms with Gasteiger partial charge in [0.05, 0.1) is 11.6 Å². The van der Waals surface area contributed by atoms with Crippen molar-refractivity contribution in [1.82, 2.24) is 15.0 Å². The Morgan fingerprint density at radius 3 is 2.30 bits per heavy atom. The molecule has 0 amide bonds. The molecule has 1 aromatic carbocycles. The molecule has 1 heterocycles. The third-order valence-electron chi connectivity index (χ3n) is 3.08. The van der Waals surface area contributed by atoms with Gasteiger partial charge < -0.3 is 15.4 Å². The number of rotatable bonds is 7. The van der Waals surface area contributed by atoms with Crippen molar-refractivity contribution in [2.45, 2.75) is 26.7 Å². The van der Waals surface area contributed by atoms with E-state index in [1.54, 1.807) is 24.3 Å². The molecule has 2 N–H and O–H groups in total. The predicted molar refractivity (Wildman–Crippen MR) is 88.3 cm³/mol. The number of benzene rings is 1. The Labute approximate surface area is 135 Å². The zero-order chi connectivity index (χ0) is 16.7. The molecule has 2 aromatic rings. The fourth-order valence-corrected chi connectivity index (χ4v) is 2.10. The topological polar surface area (TPSA) is 101 Å². The molecule has 120 valence electrons. The van der Waals surface area contributed by atoms with Crippen molar-refractivity contribution in [3.8, 4) is 17.8 Å². The highest BCUT2D eigenvalue weighted by Crippen LogP contribution is 2.21. The zero-order valence-corrected chi connectivity index (χ0v) is 13.4. The van der Waals surface area contributed by atoms with E-state index in [0.29, 0.717) is 17.3 Å². The zero-order valence-electron chi connectivity index (χ0n) is 13.4. The maximum atomic E-state index is 8.81. The summed E-state index contributed by atoms with van der Waals surface area (Å²) < 4.78 is 5.63. The maximum absolute atomic E-state index is 8.81. The molecular formula is C16H20N6O. The van der Waals surface area contributed by atoms with E-state index >= 15 is 0 Å². The Kier molecular flexibility index (Phi) is 5.69. The van der Waals surface area contributed by atoms with Gasteiger partial charge in [-0.15, -0.1) is 0 Å². The molecule has 0 saturated heterocycles. The Morgan fingerprint density at radius 2 is 1.74 bits per heavy atom. The van der Waals surface area contributed by atoms with Crippen LogP contribution in [0.15, 0.2) is 24.3 Å². The fraction of sp³-hybridized carbons (Fsp3) is 0.375. The van der Waals surface area contributed by atoms with Crippen LogP contribution in [0.5, 0.6) is 11.8 Å². The second-order valence-corrected chi connectivity index (χ2v) is 5.00. The highest BCUT2D eigenvalue weighted by Gasteiger charge is 2.12. The van der Waals surface area contributed by atoms with E-state index < -0.39 is 0 Å². The lowest BCUT2D eigenvalue weighted by atomic mass is 10.2. The minimum atomic E-state index is 0.121. The number of nitrogens with two attached hydrogens (primary N) is 1. The van der Waals surface area contributed by atoms with Gasteiger partial charge in [0.2, 0.25) is 11.9 Å². The minimum Gasteiger partial charge on any atom is -0.424 e. The molecule has 0 saturated carbocycles. The number of anilines is 2. The van der Waals surface area contributed by atoms with Gasteiger partial charge in [-0.05, 0) is 37.1 Å². The molecule has 0 radical (unpaired) electrons. The molecule has 7 nitrogen and oxygen atoms in total. The molecule has 0 unspecified atom stereocenters. The minimum absolute atomic E-state index is 0.121. The van der Waals surface area contributed by atoms with Crippen molar-refractivity contribution >= 4 is 11.9 Å². The maximum Gasteiger partial charge on any atom is 0.328 e. The van der Waals surface area contributed by atoms with Crippen LogP contribution in [0.3, 0.4) is 0 Å². The fourth-order valence-electron chi connectivity index (χ4n) is 2.10. The van der Waals surface area contributed by atoms with Gasteiger partial charge in [0.1, 0.15) is 5.75 Å². The first-order valence-electron chi connectivity index (χ1n) is 7.60. The van der Waals surface area contributed by atoms with E-state index in [4.69, 9.17) is 15.7 Å². The second kappa shape index (κ2) is 7.94. The van der Waals surface area contributed by atoms with Gasteiger partial charge in [0.15, 0.2) is 0 Å². The SMILES string of the molecule is CCCN(CCC)c1nc(N)nc(Oc2ccc(C#N)cc2)n1. The first-order valence-corrected chi connectivity index (χ1v) is 7.60. The highest BCUT2D eigenvalue weighted by atomic mass is 16.5. The Morgan fingerprint density at radius 1 is 1.09 bits per heavy atom. The van der Waals surface area contributed by atoms with Gasteiger partial charge in [-0.1, -0.05) is 13.8 Å². The normalized spacial score (nSPS) is 10.1. The molecule has 1 aromatic heterocycles. The lowest BCUT2D eigenvalue weighted by molar-refractivity contribution is 0.440. The van der Waals surface area contributed by atoms with Crippen LogP contribution >= 0.6 is 0 Å². The van der Waals surface area contributed by atoms with E-state index in [0.717, 1.165) is 25.9 Å². The largest absolute Gasteiger partial charge is 0.424 e. The summed E-state index contributed by atoms with van der Waals surface area (Å²) in [6.45, 7) is 5.88. The van der Waals surface area contributed by atoms with Crippen LogP contribution in [0.2, 0.25) is 0 Å². The lowest BCUT2D eigenvalue weighted by Gasteiger charge is -2.21. The third kappa shape index (κ3) is 4.54. The molecule has 0 spiro atoms. The molecule has 0 atom stereocenters. The summed E-state index contributed by atoms with van der Waals surface area (Å²) in [6.07, 6.45) is 1.97. The number of nitrogen functional groups attached to an aromatic ring is 1. The second-order valence-electron chi connectivity index (χ2n) is 5.00. The Bertz CT molecular complexity index is 674. The van der Waals surface area contributed by atoms with Crippen LogP contribution in [0.25, 0.3) is 0 Å². The van der Waals surface area contributed by atoms with Crippen molar-refractivity contribution in [2.75, 3.05) is 23.7 Å². The molecule has 2 rings (SSSR count). The smallest absolute Gasteiger partial charge is 0.328 e. The van der Waals surface area contributed by atoms with E-state index in [2.05, 4.69) is 39.8 Å². The highest BCUT2D eigenvalue weighted by molar-refractivity contribution is 5.38. The summed E-state index contributed by atoms with van der Waals surface area (Å²) in [4.78, 5) is 14.6. The van der Waals surface area contributed by atoms with Crippen molar-refractivity contribution < 1.29 is 4.74 Å². The van der Waals surface area contributed by atoms with Crippen LogP contribution in [0, 0.1) is 11.3 Å². The van der Waals surface area contributed by atoms with E-state index in [-0.39, 0.29) is 12.0 Å². The van der Waals surface area contributed by atoms with Crippen LogP contribution in [0.1, 0.15) is 32.3 Å². The van der Waals surface area contributed by atoms with Crippen LogP contribution in [-0.2, 0) is 0 Å². The Hall–Kier alpha value is -2.88. The van der Waals surface area contributed by atoms with Gasteiger partial charge in [-0.25, -0.2) is 0 Å². The van der Waals surface area contributed by atoms with E-state index in [1.165, 1.54) is 0 Å². The van der Waals surface area contributed by atoms with Crippen molar-refractivity contribution in [3.05, 3.63) is 29.8 Å². The number of hydrogen-bond donors (Lipinski definition) is 1. The van der Waals surface area contributed by atoms with Gasteiger partial charge >= 0.3 is 6.01 Å². The van der Waals surface area contributed by atoms with Crippen LogP contribution < -0.4 is 15.4 Å². The monoisotopic (exact) mass is 312 g/mol. The van der Waals surface area contributed by atoms with Crippen molar-refractivity contribution in [2.24, 2.45) is 0 Å². The van der Waals surface area contributed by atoms with Crippen molar-refractivity contribution in [3.63, 3.8) is 0 Å². The summed E-state index contributed by atoms with van der Waals surface area (Å²) in [5, 5.41) is 8.81. The molecule has 0 aliphatic carbocycles. The molecule has 0 fully saturated rings. The number of ether oxygens (including phenoxy) is 1. The average molecular weight is 312 g/mol. The molecule has 0 aliphatic rings. The number of nitriles is 1. The number of aromatic nitrogens is 3. The molecule has 0 bridgehead atoms. The first-order chi connectivity index (χ1) is 11.2. The average Bonchev–Trinajstić information content (AvgIpc) is 2.55. The lowest BCUT2D eigenvalue weighted by Crippen LogP contribution is -2.27. The third-order valence-corrected chi connectivity index (χ3v) is 3.08.